The molecule has 0 spiro atoms. The fourth-order valence-electron chi connectivity index (χ4n) is 3.33. The number of piperidine rings is 1. The van der Waals surface area contributed by atoms with Crippen molar-refractivity contribution in [3.63, 3.8) is 0 Å². The van der Waals surface area contributed by atoms with E-state index in [2.05, 4.69) is 19.9 Å². The van der Waals surface area contributed by atoms with E-state index in [0.29, 0.717) is 35.4 Å². The minimum Gasteiger partial charge on any atom is -0.490 e. The van der Waals surface area contributed by atoms with E-state index in [0.717, 1.165) is 38.2 Å². The molecule has 0 unspecified atom stereocenters. The Morgan fingerprint density at radius 2 is 2.19 bits per heavy atom. The Morgan fingerprint density at radius 1 is 1.31 bits per heavy atom. The molecule has 1 atom stereocenters. The maximum atomic E-state index is 13.7. The molecule has 0 amide bonds. The molecule has 1 saturated heterocycles. The maximum Gasteiger partial charge on any atom is 0.252 e. The molecule has 3 aromatic rings. The summed E-state index contributed by atoms with van der Waals surface area (Å²) in [5, 5.41) is 0. The third kappa shape index (κ3) is 3.34. The SMILES string of the molecule is CCc1nc2c(N3CCC[C@H](COc4ccccc4F)C3)ncnc2o1. The Morgan fingerprint density at radius 3 is 3.04 bits per heavy atom. The number of aromatic nitrogens is 3. The lowest BCUT2D eigenvalue weighted by Crippen LogP contribution is -2.38. The lowest BCUT2D eigenvalue weighted by atomic mass is 9.99. The molecule has 1 aromatic carbocycles. The first-order chi connectivity index (χ1) is 12.7. The Balaban J connectivity index is 1.48. The van der Waals surface area contributed by atoms with Crippen molar-refractivity contribution in [1.29, 1.82) is 0 Å². The van der Waals surface area contributed by atoms with Crippen molar-refractivity contribution in [2.24, 2.45) is 5.92 Å². The summed E-state index contributed by atoms with van der Waals surface area (Å²) in [4.78, 5) is 15.3. The van der Waals surface area contributed by atoms with Gasteiger partial charge in [-0.15, -0.1) is 0 Å². The normalized spacial score (nSPS) is 17.6. The predicted molar refractivity (Wildman–Crippen MR) is 95.8 cm³/mol. The summed E-state index contributed by atoms with van der Waals surface area (Å²) in [6.45, 7) is 4.16. The van der Waals surface area contributed by atoms with Crippen molar-refractivity contribution in [3.05, 3.63) is 42.3 Å². The van der Waals surface area contributed by atoms with Crippen molar-refractivity contribution >= 4 is 17.0 Å². The van der Waals surface area contributed by atoms with Gasteiger partial charge in [-0.2, -0.15) is 4.98 Å². The van der Waals surface area contributed by atoms with Gasteiger partial charge in [0.1, 0.15) is 6.33 Å². The quantitative estimate of drug-likeness (QED) is 0.696. The molecule has 0 aliphatic carbocycles. The van der Waals surface area contributed by atoms with E-state index in [1.807, 2.05) is 6.92 Å². The topological polar surface area (TPSA) is 64.3 Å². The molecule has 0 saturated carbocycles. The average Bonchev–Trinajstić information content (AvgIpc) is 3.11. The van der Waals surface area contributed by atoms with Crippen LogP contribution in [-0.4, -0.2) is 34.6 Å². The van der Waals surface area contributed by atoms with Crippen LogP contribution in [0.1, 0.15) is 25.7 Å². The number of aryl methyl sites for hydroxylation is 1. The van der Waals surface area contributed by atoms with Crippen LogP contribution in [0.5, 0.6) is 5.75 Å². The number of rotatable bonds is 5. The van der Waals surface area contributed by atoms with E-state index >= 15 is 0 Å². The van der Waals surface area contributed by atoms with Crippen LogP contribution in [-0.2, 0) is 6.42 Å². The zero-order valence-corrected chi connectivity index (χ0v) is 14.7. The van der Waals surface area contributed by atoms with E-state index in [1.165, 1.54) is 12.4 Å². The van der Waals surface area contributed by atoms with Crippen molar-refractivity contribution in [3.8, 4) is 5.75 Å². The first-order valence-corrected chi connectivity index (χ1v) is 8.97. The van der Waals surface area contributed by atoms with Crippen molar-refractivity contribution in [2.45, 2.75) is 26.2 Å². The fourth-order valence-corrected chi connectivity index (χ4v) is 3.33. The molecule has 2 aromatic heterocycles. The smallest absolute Gasteiger partial charge is 0.252 e. The molecule has 7 heteroatoms. The molecule has 0 radical (unpaired) electrons. The van der Waals surface area contributed by atoms with Crippen molar-refractivity contribution in [1.82, 2.24) is 15.0 Å². The third-order valence-electron chi connectivity index (χ3n) is 4.65. The number of hydrogen-bond donors (Lipinski definition) is 0. The Labute approximate surface area is 151 Å². The highest BCUT2D eigenvalue weighted by Crippen LogP contribution is 2.28. The van der Waals surface area contributed by atoms with Crippen LogP contribution in [0.2, 0.25) is 0 Å². The van der Waals surface area contributed by atoms with Crippen LogP contribution >= 0.6 is 0 Å². The standard InChI is InChI=1S/C19H21FN4O2/c1-2-16-23-17-18(21-12-22-19(17)26-16)24-9-5-6-13(10-24)11-25-15-8-4-3-7-14(15)20/h3-4,7-8,12-13H,2,5-6,9-11H2,1H3/t13-/m0/s1. The van der Waals surface area contributed by atoms with E-state index < -0.39 is 0 Å². The van der Waals surface area contributed by atoms with Crippen LogP contribution in [0, 0.1) is 11.7 Å². The summed E-state index contributed by atoms with van der Waals surface area (Å²) in [7, 11) is 0. The summed E-state index contributed by atoms with van der Waals surface area (Å²) < 4.78 is 25.1. The number of ether oxygens (including phenoxy) is 1. The largest absolute Gasteiger partial charge is 0.490 e. The summed E-state index contributed by atoms with van der Waals surface area (Å²) in [6, 6.07) is 6.51. The Kier molecular flexibility index (Phi) is 4.69. The van der Waals surface area contributed by atoms with E-state index in [9.17, 15) is 4.39 Å². The second-order valence-corrected chi connectivity index (χ2v) is 6.51. The monoisotopic (exact) mass is 356 g/mol. The minimum absolute atomic E-state index is 0.297. The summed E-state index contributed by atoms with van der Waals surface area (Å²) in [5.41, 5.74) is 1.23. The molecular formula is C19H21FN4O2. The Hall–Kier alpha value is -2.70. The molecule has 1 aliphatic rings. The molecule has 0 bridgehead atoms. The molecule has 136 valence electrons. The summed E-state index contributed by atoms with van der Waals surface area (Å²) in [5.74, 6) is 1.74. The van der Waals surface area contributed by atoms with E-state index in [4.69, 9.17) is 9.15 Å². The van der Waals surface area contributed by atoms with Crippen molar-refractivity contribution < 1.29 is 13.5 Å². The van der Waals surface area contributed by atoms with Gasteiger partial charge in [0.2, 0.25) is 0 Å². The van der Waals surface area contributed by atoms with E-state index in [-0.39, 0.29) is 5.82 Å². The fraction of sp³-hybridized carbons (Fsp3) is 0.421. The summed E-state index contributed by atoms with van der Waals surface area (Å²) in [6.07, 6.45) is 4.30. The second kappa shape index (κ2) is 7.27. The van der Waals surface area contributed by atoms with Crippen LogP contribution in [0.4, 0.5) is 10.2 Å². The van der Waals surface area contributed by atoms with Gasteiger partial charge in [0.15, 0.2) is 28.8 Å². The van der Waals surface area contributed by atoms with Crippen LogP contribution in [0.3, 0.4) is 0 Å². The van der Waals surface area contributed by atoms with Gasteiger partial charge in [-0.1, -0.05) is 19.1 Å². The highest BCUT2D eigenvalue weighted by molar-refractivity contribution is 5.81. The third-order valence-corrected chi connectivity index (χ3v) is 4.65. The molecule has 0 N–H and O–H groups in total. The first kappa shape index (κ1) is 16.8. The van der Waals surface area contributed by atoms with Crippen LogP contribution < -0.4 is 9.64 Å². The highest BCUT2D eigenvalue weighted by Gasteiger charge is 2.25. The molecule has 3 heterocycles. The predicted octanol–water partition coefficient (Wildman–Crippen LogP) is 3.61. The number of para-hydroxylation sites is 1. The molecule has 1 fully saturated rings. The molecule has 4 rings (SSSR count). The molecule has 6 nitrogen and oxygen atoms in total. The number of hydrogen-bond acceptors (Lipinski definition) is 6. The van der Waals surface area contributed by atoms with Crippen LogP contribution in [0.15, 0.2) is 35.0 Å². The van der Waals surface area contributed by atoms with Gasteiger partial charge in [-0.3, -0.25) is 0 Å². The molecule has 1 aliphatic heterocycles. The van der Waals surface area contributed by atoms with Gasteiger partial charge in [0.25, 0.3) is 5.71 Å². The molecule has 26 heavy (non-hydrogen) atoms. The number of oxazole rings is 1. The number of fused-ring (bicyclic) bond motifs is 1. The lowest BCUT2D eigenvalue weighted by Gasteiger charge is -2.33. The van der Waals surface area contributed by atoms with Gasteiger partial charge >= 0.3 is 0 Å². The lowest BCUT2D eigenvalue weighted by molar-refractivity contribution is 0.221. The summed E-state index contributed by atoms with van der Waals surface area (Å²) >= 11 is 0. The van der Waals surface area contributed by atoms with Gasteiger partial charge in [-0.25, -0.2) is 14.4 Å². The molecular weight excluding hydrogens is 335 g/mol. The van der Waals surface area contributed by atoms with Gasteiger partial charge < -0.3 is 14.1 Å². The van der Waals surface area contributed by atoms with Crippen LogP contribution in [0.25, 0.3) is 11.2 Å². The number of nitrogens with zero attached hydrogens (tertiary/aromatic N) is 4. The highest BCUT2D eigenvalue weighted by atomic mass is 19.1. The minimum atomic E-state index is -0.327. The van der Waals surface area contributed by atoms with Gasteiger partial charge in [-0.05, 0) is 25.0 Å². The second-order valence-electron chi connectivity index (χ2n) is 6.51. The number of anilines is 1. The average molecular weight is 356 g/mol. The number of benzene rings is 1. The van der Waals surface area contributed by atoms with Gasteiger partial charge in [0, 0.05) is 25.4 Å². The van der Waals surface area contributed by atoms with Crippen molar-refractivity contribution in [2.75, 3.05) is 24.6 Å². The zero-order chi connectivity index (χ0) is 17.9. The van der Waals surface area contributed by atoms with Gasteiger partial charge in [0.05, 0.1) is 6.61 Å². The first-order valence-electron chi connectivity index (χ1n) is 8.97. The maximum absolute atomic E-state index is 13.7. The zero-order valence-electron chi connectivity index (χ0n) is 14.7. The van der Waals surface area contributed by atoms with E-state index in [1.54, 1.807) is 18.2 Å². The Bertz CT molecular complexity index is 898. The number of halogens is 1.